The van der Waals surface area contributed by atoms with E-state index >= 15 is 0 Å². The molecule has 4 N–H and O–H groups in total. The molecule has 0 aromatic rings. The largest absolute Gasteiger partial charge is 0.361 e. The van der Waals surface area contributed by atoms with Crippen LogP contribution in [-0.4, -0.2) is 59.3 Å². The van der Waals surface area contributed by atoms with Crippen molar-refractivity contribution >= 4 is 46.1 Å². The molecule has 154 valence electrons. The van der Waals surface area contributed by atoms with Crippen LogP contribution in [0.25, 0.3) is 0 Å². The second-order valence-electron chi connectivity index (χ2n) is 7.23. The first kappa shape index (κ1) is 23.7. The van der Waals surface area contributed by atoms with Gasteiger partial charge in [-0.05, 0) is 83.1 Å². The Morgan fingerprint density at radius 1 is 0.926 bits per heavy atom. The maximum Gasteiger partial charge on any atom is 0.186 e. The van der Waals surface area contributed by atoms with E-state index in [2.05, 4.69) is 50.4 Å². The molecule has 0 radical (unpaired) electrons. The lowest BCUT2D eigenvalue weighted by Gasteiger charge is -2.26. The zero-order chi connectivity index (χ0) is 20.1. The van der Waals surface area contributed by atoms with Crippen molar-refractivity contribution in [3.8, 4) is 0 Å². The molecule has 0 aromatic heterocycles. The van der Waals surface area contributed by atoms with Crippen molar-refractivity contribution < 1.29 is 0 Å². The summed E-state index contributed by atoms with van der Waals surface area (Å²) in [6.45, 7) is 13.2. The molecule has 9 heteroatoms. The Balaban J connectivity index is 2.21. The molecule has 0 amide bonds. The monoisotopic (exact) mass is 413 g/mol. The maximum absolute atomic E-state index is 5.26. The first-order valence-electron chi connectivity index (χ1n) is 9.77. The van der Waals surface area contributed by atoms with Gasteiger partial charge in [-0.1, -0.05) is 20.3 Å². The van der Waals surface area contributed by atoms with E-state index in [1.807, 2.05) is 13.8 Å². The van der Waals surface area contributed by atoms with Crippen molar-refractivity contribution in [1.82, 2.24) is 26.4 Å². The molecule has 1 saturated heterocycles. The number of hydrazone groups is 2. The van der Waals surface area contributed by atoms with Crippen LogP contribution in [0.4, 0.5) is 0 Å². The SMILES string of the molecule is CC(=N\NC(=S)NCCCN1CCCCC1)/C(C)=N/NC(=S)NCC(C)C. The van der Waals surface area contributed by atoms with Crippen LogP contribution < -0.4 is 21.5 Å². The lowest BCUT2D eigenvalue weighted by Crippen LogP contribution is -2.37. The van der Waals surface area contributed by atoms with Gasteiger partial charge in [0.25, 0.3) is 0 Å². The van der Waals surface area contributed by atoms with Crippen molar-refractivity contribution in [2.24, 2.45) is 16.1 Å². The van der Waals surface area contributed by atoms with Gasteiger partial charge in [0, 0.05) is 13.1 Å². The van der Waals surface area contributed by atoms with Crippen molar-refractivity contribution in [3.63, 3.8) is 0 Å². The number of hydrogen-bond acceptors (Lipinski definition) is 5. The predicted molar refractivity (Wildman–Crippen MR) is 123 cm³/mol. The molecule has 0 atom stereocenters. The number of piperidine rings is 1. The second-order valence-corrected chi connectivity index (χ2v) is 8.05. The minimum atomic E-state index is 0.509. The van der Waals surface area contributed by atoms with Crippen molar-refractivity contribution in [2.75, 3.05) is 32.7 Å². The van der Waals surface area contributed by atoms with Crippen LogP contribution in [0.3, 0.4) is 0 Å². The molecule has 1 heterocycles. The number of hydrogen-bond donors (Lipinski definition) is 4. The zero-order valence-corrected chi connectivity index (χ0v) is 18.7. The molecule has 0 aliphatic carbocycles. The Morgan fingerprint density at radius 3 is 2.04 bits per heavy atom. The summed E-state index contributed by atoms with van der Waals surface area (Å²) < 4.78 is 0. The highest BCUT2D eigenvalue weighted by Gasteiger charge is 2.08. The van der Waals surface area contributed by atoms with Gasteiger partial charge < -0.3 is 15.5 Å². The number of nitrogens with one attached hydrogen (secondary N) is 4. The van der Waals surface area contributed by atoms with E-state index < -0.39 is 0 Å². The molecule has 7 nitrogen and oxygen atoms in total. The minimum Gasteiger partial charge on any atom is -0.361 e. The molecule has 1 rings (SSSR count). The molecule has 1 fully saturated rings. The van der Waals surface area contributed by atoms with Gasteiger partial charge in [-0.2, -0.15) is 10.2 Å². The summed E-state index contributed by atoms with van der Waals surface area (Å²) in [5, 5.41) is 15.8. The molecule has 0 spiro atoms. The molecule has 0 saturated carbocycles. The Bertz CT molecular complexity index is 526. The van der Waals surface area contributed by atoms with Crippen LogP contribution in [0.5, 0.6) is 0 Å². The fraction of sp³-hybridized carbons (Fsp3) is 0.778. The molecular weight excluding hydrogens is 378 g/mol. The molecule has 0 aromatic carbocycles. The van der Waals surface area contributed by atoms with E-state index in [-0.39, 0.29) is 0 Å². The van der Waals surface area contributed by atoms with Gasteiger partial charge in [-0.25, -0.2) is 0 Å². The average molecular weight is 414 g/mol. The van der Waals surface area contributed by atoms with Crippen LogP contribution in [0.1, 0.15) is 53.4 Å². The Hall–Kier alpha value is -1.32. The van der Waals surface area contributed by atoms with Crippen LogP contribution in [0.2, 0.25) is 0 Å². The fourth-order valence-corrected chi connectivity index (χ4v) is 2.77. The molecular formula is C18H35N7S2. The predicted octanol–water partition coefficient (Wildman–Crippen LogP) is 2.20. The third kappa shape index (κ3) is 11.9. The lowest BCUT2D eigenvalue weighted by atomic mass is 10.1. The Morgan fingerprint density at radius 2 is 1.48 bits per heavy atom. The third-order valence-corrected chi connectivity index (χ3v) is 4.70. The summed E-state index contributed by atoms with van der Waals surface area (Å²) in [5.74, 6) is 0.524. The van der Waals surface area contributed by atoms with E-state index in [1.54, 1.807) is 0 Å². The summed E-state index contributed by atoms with van der Waals surface area (Å²) in [6, 6.07) is 0. The van der Waals surface area contributed by atoms with E-state index in [9.17, 15) is 0 Å². The number of nitrogens with zero attached hydrogens (tertiary/aromatic N) is 3. The van der Waals surface area contributed by atoms with Crippen molar-refractivity contribution in [3.05, 3.63) is 0 Å². The van der Waals surface area contributed by atoms with E-state index in [1.165, 1.54) is 32.4 Å². The molecule has 0 bridgehead atoms. The van der Waals surface area contributed by atoms with E-state index in [0.717, 1.165) is 37.5 Å². The van der Waals surface area contributed by atoms with Gasteiger partial charge in [-0.15, -0.1) is 0 Å². The van der Waals surface area contributed by atoms with Crippen molar-refractivity contribution in [2.45, 2.75) is 53.4 Å². The standard InChI is InChI=1S/C18H35N7S2/c1-14(2)13-20-18(27)24-22-16(4)15(3)21-23-17(26)19-9-8-12-25-10-6-5-7-11-25/h14H,5-13H2,1-4H3,(H2,19,23,26)(H2,20,24,27)/b21-15+,22-16+. The number of thiocarbonyl (C=S) groups is 2. The third-order valence-electron chi connectivity index (χ3n) is 4.23. The van der Waals surface area contributed by atoms with Gasteiger partial charge in [0.1, 0.15) is 0 Å². The molecule has 1 aliphatic heterocycles. The summed E-state index contributed by atoms with van der Waals surface area (Å²) in [4.78, 5) is 2.53. The quantitative estimate of drug-likeness (QED) is 0.200. The van der Waals surface area contributed by atoms with Crippen LogP contribution in [0.15, 0.2) is 10.2 Å². The molecule has 1 aliphatic rings. The smallest absolute Gasteiger partial charge is 0.186 e. The highest BCUT2D eigenvalue weighted by molar-refractivity contribution is 7.80. The summed E-state index contributed by atoms with van der Waals surface area (Å²) >= 11 is 10.4. The topological polar surface area (TPSA) is 76.1 Å². The van der Waals surface area contributed by atoms with Gasteiger partial charge in [0.05, 0.1) is 11.4 Å². The fourth-order valence-electron chi connectivity index (χ4n) is 2.49. The second kappa shape index (κ2) is 13.8. The van der Waals surface area contributed by atoms with E-state index in [4.69, 9.17) is 24.4 Å². The van der Waals surface area contributed by atoms with Crippen LogP contribution in [-0.2, 0) is 0 Å². The number of rotatable bonds is 9. The lowest BCUT2D eigenvalue weighted by molar-refractivity contribution is 0.227. The molecule has 0 unspecified atom stereocenters. The van der Waals surface area contributed by atoms with Crippen molar-refractivity contribution in [1.29, 1.82) is 0 Å². The summed E-state index contributed by atoms with van der Waals surface area (Å²) in [5.41, 5.74) is 7.18. The number of likely N-dealkylation sites (tertiary alicyclic amines) is 1. The average Bonchev–Trinajstić information content (AvgIpc) is 2.66. The summed E-state index contributed by atoms with van der Waals surface area (Å²) in [7, 11) is 0. The first-order chi connectivity index (χ1) is 12.9. The van der Waals surface area contributed by atoms with Crippen LogP contribution >= 0.6 is 24.4 Å². The Kier molecular flexibility index (Phi) is 12.1. The highest BCUT2D eigenvalue weighted by Crippen LogP contribution is 2.08. The van der Waals surface area contributed by atoms with E-state index in [0.29, 0.717) is 16.1 Å². The first-order valence-corrected chi connectivity index (χ1v) is 10.6. The zero-order valence-electron chi connectivity index (χ0n) is 17.1. The normalized spacial score (nSPS) is 16.2. The molecule has 27 heavy (non-hydrogen) atoms. The van der Waals surface area contributed by atoms with Gasteiger partial charge in [0.15, 0.2) is 10.2 Å². The Labute approximate surface area is 174 Å². The van der Waals surface area contributed by atoms with Crippen LogP contribution in [0, 0.1) is 5.92 Å². The maximum atomic E-state index is 5.26. The highest BCUT2D eigenvalue weighted by atomic mass is 32.1. The van der Waals surface area contributed by atoms with Gasteiger partial charge in [-0.3, -0.25) is 10.9 Å². The van der Waals surface area contributed by atoms with Gasteiger partial charge >= 0.3 is 0 Å². The summed E-state index contributed by atoms with van der Waals surface area (Å²) in [6.07, 6.45) is 5.11. The minimum absolute atomic E-state index is 0.509. The van der Waals surface area contributed by atoms with Gasteiger partial charge in [0.2, 0.25) is 0 Å².